The molecule has 2 rings (SSSR count). The van der Waals surface area contributed by atoms with Gasteiger partial charge < -0.3 is 0 Å². The maximum Gasteiger partial charge on any atom is 0.0753 e. The second-order valence-corrected chi connectivity index (χ2v) is 7.75. The molecule has 1 aliphatic carbocycles. The minimum atomic E-state index is 0.550. The quantitative estimate of drug-likeness (QED) is 0.630. The second-order valence-electron chi connectivity index (χ2n) is 3.02. The van der Waals surface area contributed by atoms with Gasteiger partial charge in [0.25, 0.3) is 0 Å². The number of rotatable bonds is 2. The summed E-state index contributed by atoms with van der Waals surface area (Å²) in [5.41, 5.74) is 1.40. The summed E-state index contributed by atoms with van der Waals surface area (Å²) in [6, 6.07) is 2.20. The number of halogens is 3. The van der Waals surface area contributed by atoms with Crippen LogP contribution in [0.15, 0.2) is 13.6 Å². The molecule has 1 saturated carbocycles. The molecule has 0 aliphatic heterocycles. The van der Waals surface area contributed by atoms with E-state index < -0.39 is 0 Å². The molecule has 66 valence electrons. The van der Waals surface area contributed by atoms with Crippen LogP contribution < -0.4 is 0 Å². The normalized spacial score (nSPS) is 19.6. The Kier molecular flexibility index (Phi) is 3.00. The van der Waals surface area contributed by atoms with Gasteiger partial charge in [-0.25, -0.2) is 0 Å². The maximum atomic E-state index is 3.73. The molecular formula is C8H7Br3S. The molecule has 1 aliphatic rings. The first kappa shape index (κ1) is 9.69. The van der Waals surface area contributed by atoms with Gasteiger partial charge in [0.1, 0.15) is 0 Å². The summed E-state index contributed by atoms with van der Waals surface area (Å²) in [7, 11) is 0. The molecule has 1 unspecified atom stereocenters. The van der Waals surface area contributed by atoms with Crippen LogP contribution in [0.2, 0.25) is 0 Å². The predicted molar refractivity (Wildman–Crippen MR) is 64.1 cm³/mol. The molecule has 12 heavy (non-hydrogen) atoms. The fourth-order valence-electron chi connectivity index (χ4n) is 1.18. The minimum Gasteiger partial charge on any atom is -0.121 e. The molecule has 0 bridgehead atoms. The molecule has 1 aromatic rings. The van der Waals surface area contributed by atoms with E-state index in [0.29, 0.717) is 4.83 Å². The lowest BCUT2D eigenvalue weighted by molar-refractivity contribution is 0.823. The highest BCUT2D eigenvalue weighted by atomic mass is 79.9. The van der Waals surface area contributed by atoms with E-state index in [4.69, 9.17) is 0 Å². The standard InChI is InChI=1S/C8H7Br3S/c9-6-3-5(8(11)12-6)7(10)4-1-2-4/h3-4,7H,1-2H2. The van der Waals surface area contributed by atoms with Gasteiger partial charge in [0.05, 0.1) is 7.57 Å². The lowest BCUT2D eigenvalue weighted by Gasteiger charge is -2.05. The van der Waals surface area contributed by atoms with Crippen molar-refractivity contribution in [3.63, 3.8) is 0 Å². The second kappa shape index (κ2) is 3.71. The first-order chi connectivity index (χ1) is 5.68. The van der Waals surface area contributed by atoms with E-state index in [2.05, 4.69) is 53.9 Å². The molecule has 0 amide bonds. The Hall–Kier alpha value is 1.14. The summed E-state index contributed by atoms with van der Waals surface area (Å²) in [5, 5.41) is 0. The van der Waals surface area contributed by atoms with Crippen LogP contribution in [0, 0.1) is 5.92 Å². The van der Waals surface area contributed by atoms with Crippen LogP contribution in [0.3, 0.4) is 0 Å². The Morgan fingerprint density at radius 3 is 2.50 bits per heavy atom. The van der Waals surface area contributed by atoms with Crippen LogP contribution in [-0.2, 0) is 0 Å². The van der Waals surface area contributed by atoms with Gasteiger partial charge in [-0.1, -0.05) is 15.9 Å². The predicted octanol–water partition coefficient (Wildman–Crippen LogP) is 5.12. The molecule has 1 fully saturated rings. The molecule has 0 N–H and O–H groups in total. The highest BCUT2D eigenvalue weighted by Gasteiger charge is 2.32. The number of hydrogen-bond acceptors (Lipinski definition) is 1. The van der Waals surface area contributed by atoms with Crippen LogP contribution in [0.1, 0.15) is 23.2 Å². The van der Waals surface area contributed by atoms with Gasteiger partial charge in [-0.2, -0.15) is 0 Å². The molecule has 0 aromatic carbocycles. The summed E-state index contributed by atoms with van der Waals surface area (Å²) in [6.45, 7) is 0. The van der Waals surface area contributed by atoms with E-state index in [1.165, 1.54) is 26.0 Å². The SMILES string of the molecule is Brc1cc(C(Br)C2CC2)c(Br)s1. The van der Waals surface area contributed by atoms with E-state index in [-0.39, 0.29) is 0 Å². The van der Waals surface area contributed by atoms with Crippen molar-refractivity contribution in [1.29, 1.82) is 0 Å². The van der Waals surface area contributed by atoms with E-state index in [9.17, 15) is 0 Å². The zero-order valence-corrected chi connectivity index (χ0v) is 11.8. The van der Waals surface area contributed by atoms with Crippen molar-refractivity contribution >= 4 is 59.1 Å². The Labute approximate surface area is 101 Å². The monoisotopic (exact) mass is 372 g/mol. The molecule has 1 heterocycles. The lowest BCUT2D eigenvalue weighted by atomic mass is 10.2. The fraction of sp³-hybridized carbons (Fsp3) is 0.500. The van der Waals surface area contributed by atoms with Crippen LogP contribution in [-0.4, -0.2) is 0 Å². The Morgan fingerprint density at radius 1 is 1.42 bits per heavy atom. The van der Waals surface area contributed by atoms with Crippen molar-refractivity contribution in [3.8, 4) is 0 Å². The third-order valence-corrected chi connectivity index (χ3v) is 5.64. The zero-order chi connectivity index (χ0) is 8.72. The number of hydrogen-bond donors (Lipinski definition) is 0. The summed E-state index contributed by atoms with van der Waals surface area (Å²) in [6.07, 6.45) is 2.74. The van der Waals surface area contributed by atoms with Gasteiger partial charge in [0.15, 0.2) is 0 Å². The first-order valence-electron chi connectivity index (χ1n) is 3.77. The van der Waals surface area contributed by atoms with Crippen LogP contribution in [0.4, 0.5) is 0 Å². The van der Waals surface area contributed by atoms with Crippen molar-refractivity contribution in [3.05, 3.63) is 19.2 Å². The van der Waals surface area contributed by atoms with Gasteiger partial charge in [0.2, 0.25) is 0 Å². The molecule has 0 nitrogen and oxygen atoms in total. The summed E-state index contributed by atoms with van der Waals surface area (Å²) in [4.78, 5) is 0.550. The Balaban J connectivity index is 2.25. The summed E-state index contributed by atoms with van der Waals surface area (Å²) < 4.78 is 2.46. The van der Waals surface area contributed by atoms with E-state index in [1.54, 1.807) is 11.3 Å². The third-order valence-electron chi connectivity index (χ3n) is 2.02. The number of alkyl halides is 1. The molecular weight excluding hydrogens is 368 g/mol. The fourth-order valence-corrected chi connectivity index (χ4v) is 5.46. The van der Waals surface area contributed by atoms with E-state index in [1.807, 2.05) is 0 Å². The van der Waals surface area contributed by atoms with Crippen molar-refractivity contribution in [1.82, 2.24) is 0 Å². The van der Waals surface area contributed by atoms with Gasteiger partial charge in [-0.15, -0.1) is 11.3 Å². The molecule has 4 heteroatoms. The summed E-state index contributed by atoms with van der Waals surface area (Å²) in [5.74, 6) is 0.864. The Morgan fingerprint density at radius 2 is 2.08 bits per heavy atom. The average Bonchev–Trinajstić information content (AvgIpc) is 2.77. The smallest absolute Gasteiger partial charge is 0.0753 e. The highest BCUT2D eigenvalue weighted by molar-refractivity contribution is 9.12. The van der Waals surface area contributed by atoms with Gasteiger partial charge >= 0.3 is 0 Å². The van der Waals surface area contributed by atoms with Gasteiger partial charge in [-0.3, -0.25) is 0 Å². The van der Waals surface area contributed by atoms with Crippen LogP contribution >= 0.6 is 59.1 Å². The van der Waals surface area contributed by atoms with Gasteiger partial charge in [-0.05, 0) is 62.2 Å². The van der Waals surface area contributed by atoms with E-state index >= 15 is 0 Å². The highest BCUT2D eigenvalue weighted by Crippen LogP contribution is 2.50. The molecule has 1 aromatic heterocycles. The first-order valence-corrected chi connectivity index (χ1v) is 7.09. The summed E-state index contributed by atoms with van der Waals surface area (Å²) >= 11 is 12.5. The maximum absolute atomic E-state index is 3.73. The number of thiophene rings is 1. The van der Waals surface area contributed by atoms with Crippen molar-refractivity contribution in [2.24, 2.45) is 5.92 Å². The van der Waals surface area contributed by atoms with E-state index in [0.717, 1.165) is 5.92 Å². The van der Waals surface area contributed by atoms with Crippen LogP contribution in [0.5, 0.6) is 0 Å². The minimum absolute atomic E-state index is 0.550. The van der Waals surface area contributed by atoms with Crippen molar-refractivity contribution in [2.75, 3.05) is 0 Å². The average molecular weight is 375 g/mol. The molecule has 1 atom stereocenters. The Bertz CT molecular complexity index is 290. The molecule has 0 spiro atoms. The van der Waals surface area contributed by atoms with Crippen LogP contribution in [0.25, 0.3) is 0 Å². The molecule has 0 saturated heterocycles. The zero-order valence-electron chi connectivity index (χ0n) is 6.19. The third kappa shape index (κ3) is 1.97. The van der Waals surface area contributed by atoms with Crippen molar-refractivity contribution in [2.45, 2.75) is 17.7 Å². The molecule has 0 radical (unpaired) electrons. The van der Waals surface area contributed by atoms with Gasteiger partial charge in [0, 0.05) is 4.83 Å². The topological polar surface area (TPSA) is 0 Å². The largest absolute Gasteiger partial charge is 0.121 e. The van der Waals surface area contributed by atoms with Crippen molar-refractivity contribution < 1.29 is 0 Å². The lowest BCUT2D eigenvalue weighted by Crippen LogP contribution is -1.89.